The predicted molar refractivity (Wildman–Crippen MR) is 100 cm³/mol. The van der Waals surface area contributed by atoms with Crippen molar-refractivity contribution >= 4 is 11.9 Å². The first kappa shape index (κ1) is 21.1. The van der Waals surface area contributed by atoms with Gasteiger partial charge in [-0.3, -0.25) is 0 Å². The minimum Gasteiger partial charge on any atom is -0.445 e. The summed E-state index contributed by atoms with van der Waals surface area (Å²) in [6, 6.07) is 9.90. The minimum atomic E-state index is -4.70. The monoisotopic (exact) mass is 421 g/mol. The summed E-state index contributed by atoms with van der Waals surface area (Å²) in [5.41, 5.74) is 1.83. The number of anilines is 1. The van der Waals surface area contributed by atoms with Crippen LogP contribution in [0.2, 0.25) is 0 Å². The van der Waals surface area contributed by atoms with Crippen LogP contribution >= 0.6 is 0 Å². The third-order valence-corrected chi connectivity index (χ3v) is 3.97. The van der Waals surface area contributed by atoms with Gasteiger partial charge in [0.15, 0.2) is 0 Å². The lowest BCUT2D eigenvalue weighted by molar-refractivity contribution is -0.159. The maximum absolute atomic E-state index is 12.5. The standard InChI is InChI=1S/C19H18F3N5O3/c1-27(2)16-14(4-3-9-23-16)11-29-18(28)24-10-12-5-7-13(8-6-12)15-25-17(30-26-15)19(20,21)22/h3-9H,10-11H2,1-2H3,(H,24,28). The van der Waals surface area contributed by atoms with Crippen molar-refractivity contribution in [3.05, 3.63) is 59.6 Å². The lowest BCUT2D eigenvalue weighted by Gasteiger charge is -2.15. The summed E-state index contributed by atoms with van der Waals surface area (Å²) in [6.07, 6.45) is -3.65. The van der Waals surface area contributed by atoms with Gasteiger partial charge in [0.25, 0.3) is 0 Å². The first-order valence-corrected chi connectivity index (χ1v) is 8.76. The highest BCUT2D eigenvalue weighted by atomic mass is 19.4. The molecule has 11 heteroatoms. The Morgan fingerprint density at radius 1 is 1.20 bits per heavy atom. The molecule has 30 heavy (non-hydrogen) atoms. The molecule has 1 N–H and O–H groups in total. The molecule has 1 aromatic carbocycles. The molecule has 0 bridgehead atoms. The number of benzene rings is 1. The number of alkyl halides is 3. The van der Waals surface area contributed by atoms with Crippen LogP contribution in [0, 0.1) is 0 Å². The van der Waals surface area contributed by atoms with E-state index in [2.05, 4.69) is 25.0 Å². The van der Waals surface area contributed by atoms with Crippen LogP contribution in [0.1, 0.15) is 17.0 Å². The molecule has 158 valence electrons. The molecule has 1 amide bonds. The third kappa shape index (κ3) is 5.25. The number of carbonyl (C=O) groups excluding carboxylic acids is 1. The predicted octanol–water partition coefficient (Wildman–Crippen LogP) is 3.64. The smallest absolute Gasteiger partial charge is 0.445 e. The number of rotatable bonds is 6. The Bertz CT molecular complexity index is 1000. The second-order valence-electron chi connectivity index (χ2n) is 6.43. The fraction of sp³-hybridized carbons (Fsp3) is 0.263. The number of hydrogen-bond donors (Lipinski definition) is 1. The van der Waals surface area contributed by atoms with Gasteiger partial charge in [0.1, 0.15) is 12.4 Å². The zero-order chi connectivity index (χ0) is 21.7. The van der Waals surface area contributed by atoms with Gasteiger partial charge in [0, 0.05) is 38.0 Å². The van der Waals surface area contributed by atoms with Crippen molar-refractivity contribution in [3.63, 3.8) is 0 Å². The van der Waals surface area contributed by atoms with Crippen LogP contribution in [-0.4, -0.2) is 35.3 Å². The van der Waals surface area contributed by atoms with Gasteiger partial charge in [-0.2, -0.15) is 18.2 Å². The normalized spacial score (nSPS) is 11.2. The zero-order valence-electron chi connectivity index (χ0n) is 16.1. The van der Waals surface area contributed by atoms with Crippen LogP contribution in [0.15, 0.2) is 47.1 Å². The summed E-state index contributed by atoms with van der Waals surface area (Å²) in [4.78, 5) is 21.3. The van der Waals surface area contributed by atoms with Gasteiger partial charge in [-0.15, -0.1) is 0 Å². The van der Waals surface area contributed by atoms with Crippen molar-refractivity contribution in [1.29, 1.82) is 0 Å². The van der Waals surface area contributed by atoms with E-state index in [0.717, 1.165) is 5.56 Å². The number of alkyl carbamates (subject to hydrolysis) is 1. The second-order valence-corrected chi connectivity index (χ2v) is 6.43. The summed E-state index contributed by atoms with van der Waals surface area (Å²) < 4.78 is 47.0. The van der Waals surface area contributed by atoms with Gasteiger partial charge >= 0.3 is 18.2 Å². The van der Waals surface area contributed by atoms with Crippen molar-refractivity contribution in [2.45, 2.75) is 19.3 Å². The van der Waals surface area contributed by atoms with Gasteiger partial charge in [0.05, 0.1) is 0 Å². The third-order valence-electron chi connectivity index (χ3n) is 3.97. The molecule has 0 spiro atoms. The Morgan fingerprint density at radius 3 is 2.57 bits per heavy atom. The van der Waals surface area contributed by atoms with Crippen LogP contribution in [0.5, 0.6) is 0 Å². The molecule has 0 saturated heterocycles. The van der Waals surface area contributed by atoms with Gasteiger partial charge < -0.3 is 19.5 Å². The molecule has 2 aromatic heterocycles. The lowest BCUT2D eigenvalue weighted by Crippen LogP contribution is -2.24. The minimum absolute atomic E-state index is 0.0610. The summed E-state index contributed by atoms with van der Waals surface area (Å²) >= 11 is 0. The number of halogens is 3. The first-order valence-electron chi connectivity index (χ1n) is 8.76. The van der Waals surface area contributed by atoms with Gasteiger partial charge in [-0.25, -0.2) is 9.78 Å². The van der Waals surface area contributed by atoms with E-state index in [9.17, 15) is 18.0 Å². The van der Waals surface area contributed by atoms with Crippen LogP contribution in [0.25, 0.3) is 11.4 Å². The molecule has 3 aromatic rings. The van der Waals surface area contributed by atoms with E-state index in [1.54, 1.807) is 24.4 Å². The number of nitrogens with one attached hydrogen (secondary N) is 1. The summed E-state index contributed by atoms with van der Waals surface area (Å²) in [5.74, 6) is -0.873. The van der Waals surface area contributed by atoms with E-state index in [0.29, 0.717) is 16.9 Å². The molecule has 8 nitrogen and oxygen atoms in total. The number of pyridine rings is 1. The highest BCUT2D eigenvalue weighted by Crippen LogP contribution is 2.29. The summed E-state index contributed by atoms with van der Waals surface area (Å²) in [5, 5.41) is 5.93. The molecular weight excluding hydrogens is 403 g/mol. The van der Waals surface area contributed by atoms with Crippen molar-refractivity contribution in [2.75, 3.05) is 19.0 Å². The average Bonchev–Trinajstić information content (AvgIpc) is 3.22. The van der Waals surface area contributed by atoms with E-state index in [-0.39, 0.29) is 19.0 Å². The molecule has 0 fully saturated rings. The molecule has 0 atom stereocenters. The molecule has 0 radical (unpaired) electrons. The molecule has 0 aliphatic rings. The summed E-state index contributed by atoms with van der Waals surface area (Å²) in [7, 11) is 3.68. The fourth-order valence-electron chi connectivity index (χ4n) is 2.54. The zero-order valence-corrected chi connectivity index (χ0v) is 16.1. The second kappa shape index (κ2) is 8.80. The Labute approximate surface area is 169 Å². The highest BCUT2D eigenvalue weighted by molar-refractivity contribution is 5.67. The number of ether oxygens (including phenoxy) is 1. The van der Waals surface area contributed by atoms with Crippen molar-refractivity contribution < 1.29 is 27.2 Å². The maximum atomic E-state index is 12.5. The Morgan fingerprint density at radius 2 is 1.93 bits per heavy atom. The Balaban J connectivity index is 1.53. The van der Waals surface area contributed by atoms with Crippen LogP contribution in [-0.2, 0) is 24.1 Å². The van der Waals surface area contributed by atoms with Crippen molar-refractivity contribution in [1.82, 2.24) is 20.4 Å². The molecule has 0 aliphatic carbocycles. The van der Waals surface area contributed by atoms with E-state index >= 15 is 0 Å². The first-order chi connectivity index (χ1) is 14.2. The molecule has 2 heterocycles. The number of carbonyl (C=O) groups is 1. The van der Waals surface area contributed by atoms with Crippen LogP contribution in [0.4, 0.5) is 23.8 Å². The quantitative estimate of drug-likeness (QED) is 0.649. The largest absolute Gasteiger partial charge is 0.471 e. The number of aromatic nitrogens is 3. The van der Waals surface area contributed by atoms with Crippen molar-refractivity contribution in [3.8, 4) is 11.4 Å². The van der Waals surface area contributed by atoms with Crippen molar-refractivity contribution in [2.24, 2.45) is 0 Å². The topological polar surface area (TPSA) is 93.4 Å². The molecule has 0 aliphatic heterocycles. The van der Waals surface area contributed by atoms with E-state index in [4.69, 9.17) is 4.74 Å². The summed E-state index contributed by atoms with van der Waals surface area (Å²) in [6.45, 7) is 0.234. The van der Waals surface area contributed by atoms with Gasteiger partial charge in [0.2, 0.25) is 5.82 Å². The number of amides is 1. The van der Waals surface area contributed by atoms with Crippen LogP contribution < -0.4 is 10.2 Å². The van der Waals surface area contributed by atoms with E-state index < -0.39 is 18.2 Å². The SMILES string of the molecule is CN(C)c1ncccc1COC(=O)NCc1ccc(-c2noc(C(F)(F)F)n2)cc1. The Hall–Kier alpha value is -3.63. The fourth-order valence-corrected chi connectivity index (χ4v) is 2.54. The number of hydrogen-bond acceptors (Lipinski definition) is 7. The lowest BCUT2D eigenvalue weighted by atomic mass is 10.1. The highest BCUT2D eigenvalue weighted by Gasteiger charge is 2.38. The van der Waals surface area contributed by atoms with Gasteiger partial charge in [-0.1, -0.05) is 35.5 Å². The molecule has 3 rings (SSSR count). The van der Waals surface area contributed by atoms with Crippen LogP contribution in [0.3, 0.4) is 0 Å². The van der Waals surface area contributed by atoms with Gasteiger partial charge in [-0.05, 0) is 11.6 Å². The van der Waals surface area contributed by atoms with E-state index in [1.807, 2.05) is 25.1 Å². The average molecular weight is 421 g/mol. The number of nitrogens with zero attached hydrogens (tertiary/aromatic N) is 4. The maximum Gasteiger partial charge on any atom is 0.471 e. The van der Waals surface area contributed by atoms with E-state index in [1.165, 1.54) is 12.1 Å². The molecular formula is C19H18F3N5O3. The molecule has 0 saturated carbocycles. The molecule has 0 unspecified atom stereocenters. The Kier molecular flexibility index (Phi) is 6.19.